The second kappa shape index (κ2) is 5.35. The van der Waals surface area contributed by atoms with Crippen LogP contribution in [0.4, 0.5) is 5.82 Å². The molecule has 1 aromatic heterocycles. The van der Waals surface area contributed by atoms with Crippen LogP contribution < -0.4 is 5.32 Å². The Labute approximate surface area is 117 Å². The minimum atomic E-state index is -0.554. The summed E-state index contributed by atoms with van der Waals surface area (Å²) in [6.07, 6.45) is 1.31. The number of aliphatic hydroxyl groups excluding tert-OH is 1. The first-order valence-corrected chi connectivity index (χ1v) is 6.63. The van der Waals surface area contributed by atoms with Crippen molar-refractivity contribution in [1.82, 2.24) is 9.78 Å². The normalized spacial score (nSPS) is 12.5. The van der Waals surface area contributed by atoms with Crippen molar-refractivity contribution in [1.29, 1.82) is 0 Å². The first kappa shape index (κ1) is 12.7. The van der Waals surface area contributed by atoms with Crippen LogP contribution >= 0.6 is 0 Å². The van der Waals surface area contributed by atoms with E-state index in [1.807, 2.05) is 49.6 Å². The van der Waals surface area contributed by atoms with Crippen LogP contribution in [0, 0.1) is 0 Å². The zero-order valence-corrected chi connectivity index (χ0v) is 11.3. The molecule has 3 rings (SSSR count). The summed E-state index contributed by atoms with van der Waals surface area (Å²) in [6, 6.07) is 16.1. The van der Waals surface area contributed by atoms with Crippen LogP contribution in [-0.2, 0) is 7.05 Å². The molecule has 1 heterocycles. The number of anilines is 1. The highest BCUT2D eigenvalue weighted by atomic mass is 16.3. The summed E-state index contributed by atoms with van der Waals surface area (Å²) < 4.78 is 1.73. The van der Waals surface area contributed by atoms with Gasteiger partial charge in [-0.3, -0.25) is 4.68 Å². The first-order chi connectivity index (χ1) is 9.72. The molecular weight excluding hydrogens is 250 g/mol. The van der Waals surface area contributed by atoms with Crippen LogP contribution in [0.2, 0.25) is 0 Å². The van der Waals surface area contributed by atoms with Crippen molar-refractivity contribution in [2.24, 2.45) is 7.05 Å². The van der Waals surface area contributed by atoms with Gasteiger partial charge in [-0.05, 0) is 22.4 Å². The Kier molecular flexibility index (Phi) is 3.39. The zero-order valence-electron chi connectivity index (χ0n) is 11.3. The van der Waals surface area contributed by atoms with Crippen LogP contribution in [0.15, 0.2) is 54.7 Å². The van der Waals surface area contributed by atoms with E-state index >= 15 is 0 Å². The van der Waals surface area contributed by atoms with Gasteiger partial charge < -0.3 is 10.4 Å². The fourth-order valence-electron chi connectivity index (χ4n) is 2.24. The Morgan fingerprint density at radius 2 is 1.95 bits per heavy atom. The predicted molar refractivity (Wildman–Crippen MR) is 80.6 cm³/mol. The molecule has 1 unspecified atom stereocenters. The lowest BCUT2D eigenvalue weighted by molar-refractivity contribution is 0.191. The molecule has 0 saturated carbocycles. The number of nitrogens with one attached hydrogen (secondary N) is 1. The molecule has 0 saturated heterocycles. The van der Waals surface area contributed by atoms with Gasteiger partial charge in [-0.2, -0.15) is 5.10 Å². The average Bonchev–Trinajstić information content (AvgIpc) is 2.90. The van der Waals surface area contributed by atoms with Crippen LogP contribution in [0.3, 0.4) is 0 Å². The van der Waals surface area contributed by atoms with Crippen LogP contribution in [0.1, 0.15) is 11.7 Å². The Balaban J connectivity index is 1.73. The maximum absolute atomic E-state index is 10.3. The van der Waals surface area contributed by atoms with E-state index in [1.165, 1.54) is 5.39 Å². The summed E-state index contributed by atoms with van der Waals surface area (Å²) in [6.45, 7) is 0.440. The number of nitrogens with zero attached hydrogens (tertiary/aromatic N) is 2. The maximum atomic E-state index is 10.3. The first-order valence-electron chi connectivity index (χ1n) is 6.63. The maximum Gasteiger partial charge on any atom is 0.148 e. The highest BCUT2D eigenvalue weighted by Gasteiger charge is 2.08. The molecule has 0 bridgehead atoms. The molecule has 0 amide bonds. The smallest absolute Gasteiger partial charge is 0.148 e. The van der Waals surface area contributed by atoms with E-state index < -0.39 is 6.10 Å². The van der Waals surface area contributed by atoms with E-state index in [0.717, 1.165) is 16.8 Å². The highest BCUT2D eigenvalue weighted by molar-refractivity contribution is 5.83. The van der Waals surface area contributed by atoms with Crippen molar-refractivity contribution in [2.75, 3.05) is 11.9 Å². The van der Waals surface area contributed by atoms with Crippen LogP contribution in [-0.4, -0.2) is 21.4 Å². The molecule has 0 radical (unpaired) electrons. The molecule has 2 N–H and O–H groups in total. The molecule has 0 spiro atoms. The Morgan fingerprint density at radius 3 is 2.70 bits per heavy atom. The molecule has 0 aliphatic carbocycles. The van der Waals surface area contributed by atoms with Gasteiger partial charge in [0.1, 0.15) is 5.82 Å². The van der Waals surface area contributed by atoms with Crippen molar-refractivity contribution < 1.29 is 5.11 Å². The molecule has 102 valence electrons. The summed E-state index contributed by atoms with van der Waals surface area (Å²) in [4.78, 5) is 0. The summed E-state index contributed by atoms with van der Waals surface area (Å²) >= 11 is 0. The molecule has 0 aliphatic heterocycles. The van der Waals surface area contributed by atoms with Crippen molar-refractivity contribution in [3.63, 3.8) is 0 Å². The molecule has 1 atom stereocenters. The van der Waals surface area contributed by atoms with Gasteiger partial charge in [0.2, 0.25) is 0 Å². The van der Waals surface area contributed by atoms with Gasteiger partial charge in [-0.15, -0.1) is 0 Å². The average molecular weight is 267 g/mol. The molecular formula is C16H17N3O. The van der Waals surface area contributed by atoms with Gasteiger partial charge in [0.05, 0.1) is 6.10 Å². The molecule has 0 fully saturated rings. The highest BCUT2D eigenvalue weighted by Crippen LogP contribution is 2.20. The summed E-state index contributed by atoms with van der Waals surface area (Å²) in [5, 5.41) is 19.9. The van der Waals surface area contributed by atoms with E-state index in [-0.39, 0.29) is 0 Å². The summed E-state index contributed by atoms with van der Waals surface area (Å²) in [5.41, 5.74) is 0.909. The Morgan fingerprint density at radius 1 is 1.15 bits per heavy atom. The van der Waals surface area contributed by atoms with E-state index in [0.29, 0.717) is 6.54 Å². The monoisotopic (exact) mass is 267 g/mol. The SMILES string of the molecule is Cn1ccc(NCC(O)c2ccc3ccccc3c2)n1. The van der Waals surface area contributed by atoms with Crippen molar-refractivity contribution in [2.45, 2.75) is 6.10 Å². The number of fused-ring (bicyclic) bond motifs is 1. The fraction of sp³-hybridized carbons (Fsp3) is 0.188. The van der Waals surface area contributed by atoms with E-state index in [9.17, 15) is 5.11 Å². The van der Waals surface area contributed by atoms with Gasteiger partial charge in [0, 0.05) is 25.9 Å². The van der Waals surface area contributed by atoms with Crippen molar-refractivity contribution in [3.8, 4) is 0 Å². The third kappa shape index (κ3) is 2.65. The lowest BCUT2D eigenvalue weighted by Crippen LogP contribution is -2.12. The van der Waals surface area contributed by atoms with Gasteiger partial charge in [-0.25, -0.2) is 0 Å². The second-order valence-corrected chi connectivity index (χ2v) is 4.88. The van der Waals surface area contributed by atoms with Gasteiger partial charge >= 0.3 is 0 Å². The molecule has 3 aromatic rings. The van der Waals surface area contributed by atoms with Gasteiger partial charge in [0.15, 0.2) is 0 Å². The standard InChI is InChI=1S/C16H17N3O/c1-19-9-8-16(18-19)17-11-15(20)14-7-6-12-4-2-3-5-13(12)10-14/h2-10,15,20H,11H2,1H3,(H,17,18). The molecule has 2 aromatic carbocycles. The number of hydrogen-bond acceptors (Lipinski definition) is 3. The van der Waals surface area contributed by atoms with Crippen LogP contribution in [0.25, 0.3) is 10.8 Å². The molecule has 20 heavy (non-hydrogen) atoms. The lowest BCUT2D eigenvalue weighted by atomic mass is 10.0. The molecule has 0 aliphatic rings. The fourth-order valence-corrected chi connectivity index (χ4v) is 2.24. The van der Waals surface area contributed by atoms with E-state index in [2.05, 4.69) is 22.5 Å². The quantitative estimate of drug-likeness (QED) is 0.764. The van der Waals surface area contributed by atoms with Crippen molar-refractivity contribution in [3.05, 3.63) is 60.3 Å². The predicted octanol–water partition coefficient (Wildman–Crippen LogP) is 2.72. The minimum Gasteiger partial charge on any atom is -0.387 e. The number of hydrogen-bond donors (Lipinski definition) is 2. The Bertz CT molecular complexity index is 720. The Hall–Kier alpha value is -2.33. The molecule has 4 nitrogen and oxygen atoms in total. The van der Waals surface area contributed by atoms with Crippen molar-refractivity contribution >= 4 is 16.6 Å². The number of aromatic nitrogens is 2. The van der Waals surface area contributed by atoms with E-state index in [1.54, 1.807) is 4.68 Å². The van der Waals surface area contributed by atoms with Gasteiger partial charge in [0.25, 0.3) is 0 Å². The minimum absolute atomic E-state index is 0.440. The third-order valence-electron chi connectivity index (χ3n) is 3.35. The van der Waals surface area contributed by atoms with Crippen LogP contribution in [0.5, 0.6) is 0 Å². The lowest BCUT2D eigenvalue weighted by Gasteiger charge is -2.12. The third-order valence-corrected chi connectivity index (χ3v) is 3.35. The number of rotatable bonds is 4. The number of aliphatic hydroxyl groups is 1. The number of aryl methyl sites for hydroxylation is 1. The molecule has 4 heteroatoms. The number of benzene rings is 2. The van der Waals surface area contributed by atoms with E-state index in [4.69, 9.17) is 0 Å². The topological polar surface area (TPSA) is 50.1 Å². The zero-order chi connectivity index (χ0) is 13.9. The summed E-state index contributed by atoms with van der Waals surface area (Å²) in [7, 11) is 1.87. The second-order valence-electron chi connectivity index (χ2n) is 4.88. The summed E-state index contributed by atoms with van der Waals surface area (Å²) in [5.74, 6) is 0.771. The largest absolute Gasteiger partial charge is 0.387 e. The van der Waals surface area contributed by atoms with Gasteiger partial charge in [-0.1, -0.05) is 36.4 Å².